The molecule has 0 heterocycles. The first-order valence-electron chi connectivity index (χ1n) is 4.35. The molecular formula is C10H15. The summed E-state index contributed by atoms with van der Waals surface area (Å²) in [5.41, 5.74) is 1.68. The molecule has 1 unspecified atom stereocenters. The topological polar surface area (TPSA) is 0 Å². The average molecular weight is 135 g/mol. The highest BCUT2D eigenvalue weighted by Gasteiger charge is 2.42. The Morgan fingerprint density at radius 3 is 2.90 bits per heavy atom. The van der Waals surface area contributed by atoms with Crippen molar-refractivity contribution in [1.29, 1.82) is 0 Å². The van der Waals surface area contributed by atoms with Crippen LogP contribution in [0.1, 0.15) is 33.1 Å². The lowest BCUT2D eigenvalue weighted by Gasteiger charge is -2.14. The van der Waals surface area contributed by atoms with Gasteiger partial charge in [-0.2, -0.15) is 0 Å². The van der Waals surface area contributed by atoms with Gasteiger partial charge in [-0.15, -0.1) is 0 Å². The lowest BCUT2D eigenvalue weighted by atomic mass is 9.91. The summed E-state index contributed by atoms with van der Waals surface area (Å²) < 4.78 is 0. The maximum Gasteiger partial charge on any atom is 0.00425 e. The fraction of sp³-hybridized carbons (Fsp3) is 0.700. The van der Waals surface area contributed by atoms with Crippen LogP contribution in [0.15, 0.2) is 11.6 Å². The first-order chi connectivity index (χ1) is 4.79. The summed E-state index contributed by atoms with van der Waals surface area (Å²) in [6, 6.07) is 0. The van der Waals surface area contributed by atoms with Crippen LogP contribution in [0.25, 0.3) is 0 Å². The van der Waals surface area contributed by atoms with Crippen LogP contribution in [0.5, 0.6) is 0 Å². The molecule has 0 heteroatoms. The second-order valence-corrected chi connectivity index (χ2v) is 3.82. The van der Waals surface area contributed by atoms with Crippen molar-refractivity contribution in [3.05, 3.63) is 17.6 Å². The molecule has 0 spiro atoms. The SMILES string of the molecule is CC(C)C1=CCCC2C[C]12. The predicted octanol–water partition coefficient (Wildman–Crippen LogP) is 2.96. The third kappa shape index (κ3) is 0.902. The average Bonchev–Trinajstić information content (AvgIpc) is 2.63. The Morgan fingerprint density at radius 1 is 1.50 bits per heavy atom. The highest BCUT2D eigenvalue weighted by molar-refractivity contribution is 5.40. The third-order valence-corrected chi connectivity index (χ3v) is 2.67. The van der Waals surface area contributed by atoms with Gasteiger partial charge in [-0.05, 0) is 31.1 Å². The Bertz CT molecular complexity index is 165. The molecule has 0 aromatic rings. The molecule has 10 heavy (non-hydrogen) atoms. The van der Waals surface area contributed by atoms with Crippen LogP contribution < -0.4 is 0 Å². The van der Waals surface area contributed by atoms with Crippen molar-refractivity contribution in [2.24, 2.45) is 11.8 Å². The van der Waals surface area contributed by atoms with Gasteiger partial charge in [0.15, 0.2) is 0 Å². The summed E-state index contributed by atoms with van der Waals surface area (Å²) >= 11 is 0. The van der Waals surface area contributed by atoms with Gasteiger partial charge in [-0.1, -0.05) is 25.5 Å². The van der Waals surface area contributed by atoms with Crippen LogP contribution in [-0.2, 0) is 0 Å². The van der Waals surface area contributed by atoms with E-state index in [0.29, 0.717) is 0 Å². The molecule has 0 N–H and O–H groups in total. The lowest BCUT2D eigenvalue weighted by molar-refractivity contribution is 0.678. The number of hydrogen-bond donors (Lipinski definition) is 0. The second kappa shape index (κ2) is 2.11. The number of rotatable bonds is 1. The van der Waals surface area contributed by atoms with E-state index in [1.54, 1.807) is 11.5 Å². The Hall–Kier alpha value is -0.260. The molecule has 1 radical (unpaired) electrons. The summed E-state index contributed by atoms with van der Waals surface area (Å²) in [7, 11) is 0. The Kier molecular flexibility index (Phi) is 1.36. The zero-order valence-electron chi connectivity index (χ0n) is 6.85. The molecule has 0 nitrogen and oxygen atoms in total. The Morgan fingerprint density at radius 2 is 2.30 bits per heavy atom. The monoisotopic (exact) mass is 135 g/mol. The van der Waals surface area contributed by atoms with Crippen molar-refractivity contribution >= 4 is 0 Å². The standard InChI is InChI=1S/C10H15/c1-7(2)9-5-3-4-8-6-10(8)9/h5,7-8H,3-4,6H2,1-2H3. The molecule has 1 atom stereocenters. The van der Waals surface area contributed by atoms with Crippen molar-refractivity contribution in [2.75, 3.05) is 0 Å². The minimum atomic E-state index is 0.778. The molecule has 0 aliphatic heterocycles. The van der Waals surface area contributed by atoms with E-state index in [-0.39, 0.29) is 0 Å². The van der Waals surface area contributed by atoms with Gasteiger partial charge in [-0.3, -0.25) is 0 Å². The van der Waals surface area contributed by atoms with Crippen molar-refractivity contribution in [1.82, 2.24) is 0 Å². The van der Waals surface area contributed by atoms with Gasteiger partial charge in [0.2, 0.25) is 0 Å². The molecule has 2 rings (SSSR count). The Balaban J connectivity index is 2.12. The van der Waals surface area contributed by atoms with E-state index in [1.165, 1.54) is 19.3 Å². The van der Waals surface area contributed by atoms with Gasteiger partial charge < -0.3 is 0 Å². The summed E-state index contributed by atoms with van der Waals surface area (Å²) in [5.74, 6) is 3.57. The van der Waals surface area contributed by atoms with E-state index in [1.807, 2.05) is 0 Å². The molecular weight excluding hydrogens is 120 g/mol. The van der Waals surface area contributed by atoms with Crippen LogP contribution in [-0.4, -0.2) is 0 Å². The van der Waals surface area contributed by atoms with Gasteiger partial charge >= 0.3 is 0 Å². The summed E-state index contributed by atoms with van der Waals surface area (Å²) in [6.07, 6.45) is 6.64. The number of allylic oxidation sites excluding steroid dienone is 2. The van der Waals surface area contributed by atoms with Crippen molar-refractivity contribution in [3.63, 3.8) is 0 Å². The molecule has 1 fully saturated rings. The predicted molar refractivity (Wildman–Crippen MR) is 43.5 cm³/mol. The number of hydrogen-bond acceptors (Lipinski definition) is 0. The van der Waals surface area contributed by atoms with Crippen LogP contribution in [0.4, 0.5) is 0 Å². The largest absolute Gasteiger partial charge is 0.0845 e. The molecule has 0 aromatic heterocycles. The molecule has 0 amide bonds. The minimum absolute atomic E-state index is 0.778. The summed E-state index contributed by atoms with van der Waals surface area (Å²) in [4.78, 5) is 0. The lowest BCUT2D eigenvalue weighted by Crippen LogP contribution is -2.00. The molecule has 1 saturated carbocycles. The maximum atomic E-state index is 2.45. The molecule has 0 aromatic carbocycles. The van der Waals surface area contributed by atoms with Crippen LogP contribution in [0.2, 0.25) is 0 Å². The minimum Gasteiger partial charge on any atom is -0.0845 e. The van der Waals surface area contributed by atoms with Crippen LogP contribution in [0.3, 0.4) is 0 Å². The quantitative estimate of drug-likeness (QED) is 0.518. The van der Waals surface area contributed by atoms with Crippen molar-refractivity contribution in [2.45, 2.75) is 33.1 Å². The van der Waals surface area contributed by atoms with E-state index in [4.69, 9.17) is 0 Å². The second-order valence-electron chi connectivity index (χ2n) is 3.82. The highest BCUT2D eigenvalue weighted by Crippen LogP contribution is 2.54. The molecule has 55 valence electrons. The Labute approximate surface area is 63.3 Å². The molecule has 2 aliphatic rings. The molecule has 0 saturated heterocycles. The normalized spacial score (nSPS) is 31.9. The van der Waals surface area contributed by atoms with Gasteiger partial charge in [-0.25, -0.2) is 0 Å². The van der Waals surface area contributed by atoms with E-state index in [0.717, 1.165) is 11.8 Å². The van der Waals surface area contributed by atoms with Gasteiger partial charge in [0.05, 0.1) is 0 Å². The molecule has 0 bridgehead atoms. The first-order valence-corrected chi connectivity index (χ1v) is 4.35. The third-order valence-electron chi connectivity index (χ3n) is 2.67. The summed E-state index contributed by atoms with van der Waals surface area (Å²) in [5, 5.41) is 0. The molecule has 2 aliphatic carbocycles. The first kappa shape index (κ1) is 6.45. The zero-order valence-corrected chi connectivity index (χ0v) is 6.85. The van der Waals surface area contributed by atoms with Crippen molar-refractivity contribution < 1.29 is 0 Å². The van der Waals surface area contributed by atoms with E-state index in [9.17, 15) is 0 Å². The summed E-state index contributed by atoms with van der Waals surface area (Å²) in [6.45, 7) is 4.61. The van der Waals surface area contributed by atoms with Gasteiger partial charge in [0.25, 0.3) is 0 Å². The fourth-order valence-electron chi connectivity index (χ4n) is 2.01. The number of fused-ring (bicyclic) bond motifs is 1. The fourth-order valence-corrected chi connectivity index (χ4v) is 2.01. The van der Waals surface area contributed by atoms with Gasteiger partial charge in [0.1, 0.15) is 0 Å². The van der Waals surface area contributed by atoms with E-state index in [2.05, 4.69) is 19.9 Å². The van der Waals surface area contributed by atoms with Crippen LogP contribution in [0, 0.1) is 17.8 Å². The van der Waals surface area contributed by atoms with Crippen LogP contribution >= 0.6 is 0 Å². The van der Waals surface area contributed by atoms with Gasteiger partial charge in [0, 0.05) is 5.92 Å². The van der Waals surface area contributed by atoms with E-state index >= 15 is 0 Å². The van der Waals surface area contributed by atoms with E-state index < -0.39 is 0 Å². The van der Waals surface area contributed by atoms with Crippen molar-refractivity contribution in [3.8, 4) is 0 Å². The smallest absolute Gasteiger partial charge is 0.00425 e. The maximum absolute atomic E-state index is 2.45. The zero-order chi connectivity index (χ0) is 7.14. The highest BCUT2D eigenvalue weighted by atomic mass is 14.5.